The zero-order valence-electron chi connectivity index (χ0n) is 10.5. The van der Waals surface area contributed by atoms with Crippen molar-refractivity contribution in [1.82, 2.24) is 5.32 Å². The fourth-order valence-corrected chi connectivity index (χ4v) is 0.919. The SMILES string of the molecule is CC(C)(N)CCC(=O)NCC(C)(C)C(=O)O. The van der Waals surface area contributed by atoms with E-state index in [4.69, 9.17) is 10.8 Å². The molecule has 1 amide bonds. The van der Waals surface area contributed by atoms with Gasteiger partial charge in [-0.25, -0.2) is 0 Å². The maximum absolute atomic E-state index is 11.4. The van der Waals surface area contributed by atoms with Gasteiger partial charge in [0.05, 0.1) is 5.41 Å². The molecule has 94 valence electrons. The standard InChI is InChI=1S/C11H22N2O3/c1-10(2,9(15)16)7-13-8(14)5-6-11(3,4)12/h5-7,12H2,1-4H3,(H,13,14)(H,15,16). The predicted octanol–water partition coefficient (Wildman–Crippen LogP) is 0.731. The monoisotopic (exact) mass is 230 g/mol. The summed E-state index contributed by atoms with van der Waals surface area (Å²) in [6.45, 7) is 6.97. The summed E-state index contributed by atoms with van der Waals surface area (Å²) in [7, 11) is 0. The van der Waals surface area contributed by atoms with Crippen molar-refractivity contribution in [3.63, 3.8) is 0 Å². The van der Waals surface area contributed by atoms with Gasteiger partial charge in [0.2, 0.25) is 5.91 Å². The Balaban J connectivity index is 3.96. The average molecular weight is 230 g/mol. The van der Waals surface area contributed by atoms with Gasteiger partial charge in [0.25, 0.3) is 0 Å². The van der Waals surface area contributed by atoms with Gasteiger partial charge in [-0.1, -0.05) is 0 Å². The minimum absolute atomic E-state index is 0.131. The summed E-state index contributed by atoms with van der Waals surface area (Å²) >= 11 is 0. The number of rotatable bonds is 6. The second-order valence-electron chi connectivity index (χ2n) is 5.45. The molecule has 0 saturated carbocycles. The van der Waals surface area contributed by atoms with Crippen LogP contribution in [0, 0.1) is 5.41 Å². The van der Waals surface area contributed by atoms with Gasteiger partial charge in [0.15, 0.2) is 0 Å². The topological polar surface area (TPSA) is 92.4 Å². The molecule has 4 N–H and O–H groups in total. The molecular formula is C11H22N2O3. The lowest BCUT2D eigenvalue weighted by atomic mass is 9.93. The van der Waals surface area contributed by atoms with Crippen LogP contribution < -0.4 is 11.1 Å². The van der Waals surface area contributed by atoms with Gasteiger partial charge < -0.3 is 16.2 Å². The molecule has 0 rings (SSSR count). The number of carboxylic acids is 1. The van der Waals surface area contributed by atoms with Gasteiger partial charge in [0.1, 0.15) is 0 Å². The minimum Gasteiger partial charge on any atom is -0.481 e. The average Bonchev–Trinajstić information content (AvgIpc) is 2.10. The lowest BCUT2D eigenvalue weighted by Gasteiger charge is -2.21. The van der Waals surface area contributed by atoms with Gasteiger partial charge >= 0.3 is 5.97 Å². The third-order valence-electron chi connectivity index (χ3n) is 2.30. The number of carbonyl (C=O) groups excluding carboxylic acids is 1. The van der Waals surface area contributed by atoms with E-state index in [0.29, 0.717) is 12.8 Å². The smallest absolute Gasteiger partial charge is 0.310 e. The molecule has 0 aromatic heterocycles. The Kier molecular flexibility index (Phi) is 4.93. The predicted molar refractivity (Wildman–Crippen MR) is 61.9 cm³/mol. The van der Waals surface area contributed by atoms with E-state index in [0.717, 1.165) is 0 Å². The van der Waals surface area contributed by atoms with E-state index in [-0.39, 0.29) is 18.0 Å². The fraction of sp³-hybridized carbons (Fsp3) is 0.818. The van der Waals surface area contributed by atoms with Crippen LogP contribution in [-0.2, 0) is 9.59 Å². The van der Waals surface area contributed by atoms with E-state index in [9.17, 15) is 9.59 Å². The summed E-state index contributed by atoms with van der Waals surface area (Å²) in [5.74, 6) is -1.08. The van der Waals surface area contributed by atoms with Crippen LogP contribution in [0.25, 0.3) is 0 Å². The number of amides is 1. The number of hydrogen-bond donors (Lipinski definition) is 3. The Bertz CT molecular complexity index is 267. The number of carboxylic acid groups (broad SMARTS) is 1. The molecule has 5 heteroatoms. The molecule has 16 heavy (non-hydrogen) atoms. The van der Waals surface area contributed by atoms with E-state index < -0.39 is 11.4 Å². The molecule has 0 radical (unpaired) electrons. The van der Waals surface area contributed by atoms with Crippen molar-refractivity contribution in [1.29, 1.82) is 0 Å². The number of hydrogen-bond acceptors (Lipinski definition) is 3. The molecule has 0 fully saturated rings. The molecule has 0 aliphatic rings. The van der Waals surface area contributed by atoms with Gasteiger partial charge in [-0.15, -0.1) is 0 Å². The zero-order chi connectivity index (χ0) is 13.0. The molecule has 0 aliphatic carbocycles. The lowest BCUT2D eigenvalue weighted by molar-refractivity contribution is -0.146. The normalized spacial score (nSPS) is 12.3. The first-order chi connectivity index (χ1) is 7.04. The third kappa shape index (κ3) is 6.40. The maximum atomic E-state index is 11.4. The molecule has 0 saturated heterocycles. The Morgan fingerprint density at radius 3 is 2.12 bits per heavy atom. The molecule has 0 aromatic carbocycles. The molecule has 0 aromatic rings. The second kappa shape index (κ2) is 5.30. The highest BCUT2D eigenvalue weighted by Gasteiger charge is 2.27. The van der Waals surface area contributed by atoms with Crippen molar-refractivity contribution < 1.29 is 14.7 Å². The van der Waals surface area contributed by atoms with Crippen LogP contribution >= 0.6 is 0 Å². The maximum Gasteiger partial charge on any atom is 0.310 e. The van der Waals surface area contributed by atoms with Crippen LogP contribution in [-0.4, -0.2) is 29.1 Å². The quantitative estimate of drug-likeness (QED) is 0.627. The first kappa shape index (κ1) is 14.9. The first-order valence-corrected chi connectivity index (χ1v) is 5.33. The molecule has 0 bridgehead atoms. The number of nitrogens with two attached hydrogens (primary N) is 1. The number of carbonyl (C=O) groups is 2. The summed E-state index contributed by atoms with van der Waals surface area (Å²) < 4.78 is 0. The van der Waals surface area contributed by atoms with Crippen LogP contribution in [0.4, 0.5) is 0 Å². The van der Waals surface area contributed by atoms with Gasteiger partial charge in [-0.05, 0) is 34.1 Å². The number of aliphatic carboxylic acids is 1. The Hall–Kier alpha value is -1.10. The largest absolute Gasteiger partial charge is 0.481 e. The lowest BCUT2D eigenvalue weighted by Crippen LogP contribution is -2.40. The highest BCUT2D eigenvalue weighted by molar-refractivity contribution is 5.78. The van der Waals surface area contributed by atoms with E-state index in [1.807, 2.05) is 13.8 Å². The van der Waals surface area contributed by atoms with Crippen molar-refractivity contribution in [3.05, 3.63) is 0 Å². The summed E-state index contributed by atoms with van der Waals surface area (Å²) in [4.78, 5) is 22.2. The first-order valence-electron chi connectivity index (χ1n) is 5.33. The highest BCUT2D eigenvalue weighted by Crippen LogP contribution is 2.13. The fourth-order valence-electron chi connectivity index (χ4n) is 0.919. The van der Waals surface area contributed by atoms with Crippen LogP contribution in [0.15, 0.2) is 0 Å². The molecular weight excluding hydrogens is 208 g/mol. The molecule has 0 atom stereocenters. The van der Waals surface area contributed by atoms with Crippen molar-refractivity contribution in [2.24, 2.45) is 11.1 Å². The van der Waals surface area contributed by atoms with Gasteiger partial charge in [0, 0.05) is 18.5 Å². The molecule has 0 heterocycles. The molecule has 5 nitrogen and oxygen atoms in total. The molecule has 0 aliphatic heterocycles. The summed E-state index contributed by atoms with van der Waals surface area (Å²) in [6, 6.07) is 0. The van der Waals surface area contributed by atoms with Crippen LogP contribution in [0.5, 0.6) is 0 Å². The summed E-state index contributed by atoms with van der Waals surface area (Å²) in [5.41, 5.74) is 4.43. The third-order valence-corrected chi connectivity index (χ3v) is 2.30. The highest BCUT2D eigenvalue weighted by atomic mass is 16.4. The van der Waals surface area contributed by atoms with Crippen molar-refractivity contribution in [2.75, 3.05) is 6.54 Å². The van der Waals surface area contributed by atoms with E-state index >= 15 is 0 Å². The summed E-state index contributed by atoms with van der Waals surface area (Å²) in [6.07, 6.45) is 0.894. The van der Waals surface area contributed by atoms with Crippen molar-refractivity contribution in [2.45, 2.75) is 46.1 Å². The zero-order valence-corrected chi connectivity index (χ0v) is 10.5. The van der Waals surface area contributed by atoms with E-state index in [2.05, 4.69) is 5.32 Å². The van der Waals surface area contributed by atoms with Crippen LogP contribution in [0.3, 0.4) is 0 Å². The Morgan fingerprint density at radius 1 is 1.25 bits per heavy atom. The van der Waals surface area contributed by atoms with Crippen LogP contribution in [0.1, 0.15) is 40.5 Å². The second-order valence-corrected chi connectivity index (χ2v) is 5.45. The Morgan fingerprint density at radius 2 is 1.75 bits per heavy atom. The van der Waals surface area contributed by atoms with Gasteiger partial charge in [-0.2, -0.15) is 0 Å². The van der Waals surface area contributed by atoms with E-state index in [1.165, 1.54) is 0 Å². The summed E-state index contributed by atoms with van der Waals surface area (Å²) in [5, 5.41) is 11.4. The molecule has 0 spiro atoms. The Labute approximate surface area is 96.4 Å². The number of nitrogens with one attached hydrogen (secondary N) is 1. The van der Waals surface area contributed by atoms with E-state index in [1.54, 1.807) is 13.8 Å². The van der Waals surface area contributed by atoms with Crippen LogP contribution in [0.2, 0.25) is 0 Å². The minimum atomic E-state index is -0.937. The van der Waals surface area contributed by atoms with Crippen molar-refractivity contribution in [3.8, 4) is 0 Å². The molecule has 0 unspecified atom stereocenters. The van der Waals surface area contributed by atoms with Gasteiger partial charge in [-0.3, -0.25) is 9.59 Å². The van der Waals surface area contributed by atoms with Crippen molar-refractivity contribution >= 4 is 11.9 Å².